The lowest BCUT2D eigenvalue weighted by molar-refractivity contribution is -0.0752. The highest BCUT2D eigenvalue weighted by atomic mass is 16.5. The molecule has 1 aliphatic heterocycles. The van der Waals surface area contributed by atoms with Gasteiger partial charge in [0.05, 0.1) is 24.3 Å². The first-order valence-corrected chi connectivity index (χ1v) is 7.29. The summed E-state index contributed by atoms with van der Waals surface area (Å²) in [5.74, 6) is -1.17. The summed E-state index contributed by atoms with van der Waals surface area (Å²) in [6.45, 7) is 1.15. The molecule has 1 saturated carbocycles. The second-order valence-corrected chi connectivity index (χ2v) is 5.50. The summed E-state index contributed by atoms with van der Waals surface area (Å²) in [6.07, 6.45) is 5.73. The molecule has 2 atom stereocenters. The van der Waals surface area contributed by atoms with Gasteiger partial charge in [-0.1, -0.05) is 12.8 Å². The van der Waals surface area contributed by atoms with Crippen molar-refractivity contribution in [2.75, 3.05) is 13.2 Å². The number of amides is 1. The fraction of sp³-hybridized carbons (Fsp3) is 0.533. The van der Waals surface area contributed by atoms with E-state index in [-0.39, 0.29) is 23.7 Å². The lowest BCUT2D eigenvalue weighted by Crippen LogP contribution is -2.54. The SMILES string of the molecule is O=C(O)c1ccc(C(=O)N2CCO[C@@H]3CCCC[C@@H]32)cn1. The first-order chi connectivity index (χ1) is 10.2. The highest BCUT2D eigenvalue weighted by Crippen LogP contribution is 2.29. The highest BCUT2D eigenvalue weighted by Gasteiger charge is 2.37. The van der Waals surface area contributed by atoms with Gasteiger partial charge in [0.1, 0.15) is 5.69 Å². The molecule has 0 spiro atoms. The molecule has 1 N–H and O–H groups in total. The van der Waals surface area contributed by atoms with Crippen molar-refractivity contribution in [1.82, 2.24) is 9.88 Å². The standard InChI is InChI=1S/C15H18N2O4/c18-14(10-5-6-11(15(19)20)16-9-10)17-7-8-21-13-4-2-1-3-12(13)17/h5-6,9,12-13H,1-4,7-8H2,(H,19,20)/t12-,13+/m0/s1. The van der Waals surface area contributed by atoms with Crippen LogP contribution in [0, 0.1) is 0 Å². The van der Waals surface area contributed by atoms with Gasteiger partial charge >= 0.3 is 5.97 Å². The molecule has 1 amide bonds. The van der Waals surface area contributed by atoms with E-state index >= 15 is 0 Å². The molecule has 1 aliphatic carbocycles. The van der Waals surface area contributed by atoms with Gasteiger partial charge in [0.2, 0.25) is 0 Å². The molecule has 2 fully saturated rings. The zero-order valence-corrected chi connectivity index (χ0v) is 11.7. The summed E-state index contributed by atoms with van der Waals surface area (Å²) in [4.78, 5) is 29.1. The van der Waals surface area contributed by atoms with Crippen molar-refractivity contribution >= 4 is 11.9 Å². The van der Waals surface area contributed by atoms with Crippen molar-refractivity contribution in [3.63, 3.8) is 0 Å². The fourth-order valence-electron chi connectivity index (χ4n) is 3.16. The third kappa shape index (κ3) is 2.76. The van der Waals surface area contributed by atoms with Crippen LogP contribution in [0.15, 0.2) is 18.3 Å². The van der Waals surface area contributed by atoms with Crippen LogP contribution in [0.1, 0.15) is 46.5 Å². The number of rotatable bonds is 2. The first-order valence-electron chi connectivity index (χ1n) is 7.29. The Bertz CT molecular complexity index is 541. The third-order valence-electron chi connectivity index (χ3n) is 4.22. The Morgan fingerprint density at radius 3 is 2.81 bits per heavy atom. The zero-order chi connectivity index (χ0) is 14.8. The third-order valence-corrected chi connectivity index (χ3v) is 4.22. The zero-order valence-electron chi connectivity index (χ0n) is 11.7. The Balaban J connectivity index is 1.78. The number of aromatic carboxylic acids is 1. The Morgan fingerprint density at radius 2 is 2.10 bits per heavy atom. The number of aromatic nitrogens is 1. The van der Waals surface area contributed by atoms with Gasteiger partial charge in [0, 0.05) is 12.7 Å². The molecule has 0 unspecified atom stereocenters. The number of ether oxygens (including phenoxy) is 1. The normalized spacial score (nSPS) is 25.2. The number of pyridine rings is 1. The largest absolute Gasteiger partial charge is 0.477 e. The number of carboxylic acids is 1. The van der Waals surface area contributed by atoms with E-state index < -0.39 is 5.97 Å². The second-order valence-electron chi connectivity index (χ2n) is 5.50. The molecular formula is C15H18N2O4. The molecule has 112 valence electrons. The van der Waals surface area contributed by atoms with E-state index in [1.165, 1.54) is 18.3 Å². The van der Waals surface area contributed by atoms with Crippen LogP contribution in [0.5, 0.6) is 0 Å². The summed E-state index contributed by atoms with van der Waals surface area (Å²) in [5.41, 5.74) is 0.385. The minimum absolute atomic E-state index is 0.0518. The van der Waals surface area contributed by atoms with Crippen molar-refractivity contribution in [2.24, 2.45) is 0 Å². The van der Waals surface area contributed by atoms with Crippen molar-refractivity contribution in [1.29, 1.82) is 0 Å². The monoisotopic (exact) mass is 290 g/mol. The van der Waals surface area contributed by atoms with Crippen LogP contribution in [-0.2, 0) is 4.74 Å². The van der Waals surface area contributed by atoms with Gasteiger partial charge in [-0.2, -0.15) is 0 Å². The number of carbonyl (C=O) groups excluding carboxylic acids is 1. The maximum atomic E-state index is 12.6. The Kier molecular flexibility index (Phi) is 3.88. The predicted molar refractivity (Wildman–Crippen MR) is 74.2 cm³/mol. The maximum absolute atomic E-state index is 12.6. The average molecular weight is 290 g/mol. The van der Waals surface area contributed by atoms with Crippen LogP contribution >= 0.6 is 0 Å². The summed E-state index contributed by atoms with van der Waals surface area (Å²) >= 11 is 0. The van der Waals surface area contributed by atoms with Crippen LogP contribution < -0.4 is 0 Å². The smallest absolute Gasteiger partial charge is 0.354 e. The van der Waals surface area contributed by atoms with Gasteiger partial charge in [0.15, 0.2) is 0 Å². The van der Waals surface area contributed by atoms with Crippen LogP contribution in [-0.4, -0.2) is 52.2 Å². The number of morpholine rings is 1. The van der Waals surface area contributed by atoms with Crippen molar-refractivity contribution < 1.29 is 19.4 Å². The lowest BCUT2D eigenvalue weighted by atomic mass is 9.90. The van der Waals surface area contributed by atoms with Crippen LogP contribution in [0.25, 0.3) is 0 Å². The van der Waals surface area contributed by atoms with E-state index in [0.717, 1.165) is 25.7 Å². The summed E-state index contributed by atoms with van der Waals surface area (Å²) in [5, 5.41) is 8.84. The molecule has 1 aromatic heterocycles. The minimum atomic E-state index is -1.09. The lowest BCUT2D eigenvalue weighted by Gasteiger charge is -2.43. The van der Waals surface area contributed by atoms with Crippen molar-refractivity contribution in [3.8, 4) is 0 Å². The number of nitrogens with zero attached hydrogens (tertiary/aromatic N) is 2. The number of hydrogen-bond acceptors (Lipinski definition) is 4. The maximum Gasteiger partial charge on any atom is 0.354 e. The van der Waals surface area contributed by atoms with Crippen molar-refractivity contribution in [3.05, 3.63) is 29.6 Å². The van der Waals surface area contributed by atoms with E-state index in [9.17, 15) is 9.59 Å². The van der Waals surface area contributed by atoms with Gasteiger partial charge in [-0.15, -0.1) is 0 Å². The molecule has 1 saturated heterocycles. The quantitative estimate of drug-likeness (QED) is 0.894. The number of hydrogen-bond donors (Lipinski definition) is 1. The topological polar surface area (TPSA) is 79.7 Å². The molecule has 2 aliphatic rings. The number of carboxylic acid groups (broad SMARTS) is 1. The Hall–Kier alpha value is -1.95. The molecule has 1 aromatic rings. The molecule has 2 heterocycles. The van der Waals surface area contributed by atoms with E-state index in [1.807, 2.05) is 4.90 Å². The number of fused-ring (bicyclic) bond motifs is 1. The van der Waals surface area contributed by atoms with E-state index in [4.69, 9.17) is 9.84 Å². The van der Waals surface area contributed by atoms with Crippen LogP contribution in [0.3, 0.4) is 0 Å². The molecule has 3 rings (SSSR count). The molecule has 0 radical (unpaired) electrons. The average Bonchev–Trinajstić information content (AvgIpc) is 2.53. The van der Waals surface area contributed by atoms with E-state index in [0.29, 0.717) is 18.7 Å². The summed E-state index contributed by atoms with van der Waals surface area (Å²) in [6, 6.07) is 3.04. The first kappa shape index (κ1) is 14.0. The molecule has 0 bridgehead atoms. The van der Waals surface area contributed by atoms with Crippen molar-refractivity contribution in [2.45, 2.75) is 37.8 Å². The summed E-state index contributed by atoms with van der Waals surface area (Å²) < 4.78 is 5.76. The van der Waals surface area contributed by atoms with Gasteiger partial charge < -0.3 is 14.7 Å². The van der Waals surface area contributed by atoms with E-state index in [1.54, 1.807) is 0 Å². The van der Waals surface area contributed by atoms with E-state index in [2.05, 4.69) is 4.98 Å². The highest BCUT2D eigenvalue weighted by molar-refractivity contribution is 5.95. The second kappa shape index (κ2) is 5.81. The molecule has 21 heavy (non-hydrogen) atoms. The molecule has 6 heteroatoms. The van der Waals surface area contributed by atoms with Gasteiger partial charge in [-0.25, -0.2) is 9.78 Å². The molecule has 0 aromatic carbocycles. The Morgan fingerprint density at radius 1 is 1.29 bits per heavy atom. The minimum Gasteiger partial charge on any atom is -0.477 e. The predicted octanol–water partition coefficient (Wildman–Crippen LogP) is 1.56. The van der Waals surface area contributed by atoms with Crippen LogP contribution in [0.2, 0.25) is 0 Å². The fourth-order valence-corrected chi connectivity index (χ4v) is 3.16. The summed E-state index contributed by atoms with van der Waals surface area (Å²) in [7, 11) is 0. The molecule has 6 nitrogen and oxygen atoms in total. The van der Waals surface area contributed by atoms with Crippen LogP contribution in [0.4, 0.5) is 0 Å². The molecular weight excluding hydrogens is 272 g/mol. The number of carbonyl (C=O) groups is 2. The van der Waals surface area contributed by atoms with Gasteiger partial charge in [0.25, 0.3) is 5.91 Å². The van der Waals surface area contributed by atoms with Gasteiger partial charge in [-0.05, 0) is 25.0 Å². The van der Waals surface area contributed by atoms with Gasteiger partial charge in [-0.3, -0.25) is 4.79 Å². The Labute approximate surface area is 122 Å².